The third kappa shape index (κ3) is 2.79. The highest BCUT2D eigenvalue weighted by Crippen LogP contribution is 2.32. The summed E-state index contributed by atoms with van der Waals surface area (Å²) in [6, 6.07) is 10.8. The smallest absolute Gasteiger partial charge is 0.139 e. The molecule has 0 heterocycles. The van der Waals surface area contributed by atoms with E-state index in [1.165, 1.54) is 6.07 Å². The van der Waals surface area contributed by atoms with E-state index in [4.69, 9.17) is 5.73 Å². The summed E-state index contributed by atoms with van der Waals surface area (Å²) in [5.41, 5.74) is 7.82. The predicted octanol–water partition coefficient (Wildman–Crippen LogP) is 4.64. The van der Waals surface area contributed by atoms with Crippen LogP contribution in [0.4, 0.5) is 21.5 Å². The highest BCUT2D eigenvalue weighted by atomic mass is 79.9. The van der Waals surface area contributed by atoms with Crippen LogP contribution >= 0.6 is 27.7 Å². The van der Waals surface area contributed by atoms with Crippen LogP contribution in [0.3, 0.4) is 0 Å². The Balaban J connectivity index is 2.37. The Kier molecular flexibility index (Phi) is 4.14. The van der Waals surface area contributed by atoms with Gasteiger partial charge in [-0.2, -0.15) is 0 Å². The molecule has 0 radical (unpaired) electrons. The Morgan fingerprint density at radius 2 is 1.94 bits per heavy atom. The van der Waals surface area contributed by atoms with Gasteiger partial charge in [-0.3, -0.25) is 0 Å². The van der Waals surface area contributed by atoms with Crippen LogP contribution in [0.2, 0.25) is 0 Å². The topological polar surface area (TPSA) is 38.0 Å². The summed E-state index contributed by atoms with van der Waals surface area (Å²) in [6.07, 6.45) is 2.00. The Bertz CT molecular complexity index is 575. The average molecular weight is 327 g/mol. The van der Waals surface area contributed by atoms with Gasteiger partial charge in [-0.05, 0) is 40.4 Å². The van der Waals surface area contributed by atoms with E-state index in [0.717, 1.165) is 10.6 Å². The zero-order valence-electron chi connectivity index (χ0n) is 9.71. The lowest BCUT2D eigenvalue weighted by molar-refractivity contribution is 0.622. The summed E-state index contributed by atoms with van der Waals surface area (Å²) in [5, 5.41) is 3.22. The van der Waals surface area contributed by atoms with Gasteiger partial charge in [0.1, 0.15) is 5.82 Å². The van der Waals surface area contributed by atoms with Crippen molar-refractivity contribution < 1.29 is 4.39 Å². The maximum atomic E-state index is 13.3. The van der Waals surface area contributed by atoms with Gasteiger partial charge in [-0.25, -0.2) is 4.39 Å². The second-order valence-corrected chi connectivity index (χ2v) is 5.38. The van der Waals surface area contributed by atoms with Crippen LogP contribution in [0, 0.1) is 5.82 Å². The molecule has 0 bridgehead atoms. The van der Waals surface area contributed by atoms with E-state index < -0.39 is 0 Å². The van der Waals surface area contributed by atoms with E-state index in [-0.39, 0.29) is 5.82 Å². The molecule has 0 aliphatic carbocycles. The van der Waals surface area contributed by atoms with E-state index in [9.17, 15) is 4.39 Å². The third-order valence-electron chi connectivity index (χ3n) is 2.47. The monoisotopic (exact) mass is 326 g/mol. The molecule has 0 saturated heterocycles. The third-order valence-corrected chi connectivity index (χ3v) is 3.87. The molecule has 0 saturated carbocycles. The number of nitrogens with one attached hydrogen (secondary N) is 1. The molecule has 2 aromatic carbocycles. The van der Waals surface area contributed by atoms with Crippen molar-refractivity contribution in [2.45, 2.75) is 4.90 Å². The predicted molar refractivity (Wildman–Crippen MR) is 80.0 cm³/mol. The number of halogens is 2. The number of rotatable bonds is 3. The quantitative estimate of drug-likeness (QED) is 0.637. The highest BCUT2D eigenvalue weighted by molar-refractivity contribution is 9.10. The van der Waals surface area contributed by atoms with Crippen molar-refractivity contribution in [2.75, 3.05) is 17.3 Å². The van der Waals surface area contributed by atoms with Gasteiger partial charge < -0.3 is 11.1 Å². The first-order chi connectivity index (χ1) is 8.61. The molecule has 94 valence electrons. The second-order valence-electron chi connectivity index (χ2n) is 3.68. The van der Waals surface area contributed by atoms with Crippen molar-refractivity contribution in [1.29, 1.82) is 0 Å². The first kappa shape index (κ1) is 13.2. The van der Waals surface area contributed by atoms with Crippen molar-refractivity contribution in [3.63, 3.8) is 0 Å². The largest absolute Gasteiger partial charge is 0.397 e. The Morgan fingerprint density at radius 1 is 1.22 bits per heavy atom. The van der Waals surface area contributed by atoms with E-state index in [1.807, 2.05) is 30.5 Å². The summed E-state index contributed by atoms with van der Waals surface area (Å²) in [7, 11) is 0. The number of thioether (sulfide) groups is 1. The van der Waals surface area contributed by atoms with Gasteiger partial charge in [0.25, 0.3) is 0 Å². The van der Waals surface area contributed by atoms with Crippen LogP contribution in [0.25, 0.3) is 0 Å². The minimum Gasteiger partial charge on any atom is -0.397 e. The molecule has 2 aromatic rings. The number of benzene rings is 2. The Hall–Kier alpha value is -1.20. The lowest BCUT2D eigenvalue weighted by Crippen LogP contribution is -1.98. The molecule has 3 N–H and O–H groups in total. The Morgan fingerprint density at radius 3 is 2.67 bits per heavy atom. The fraction of sp³-hybridized carbons (Fsp3) is 0.0769. The van der Waals surface area contributed by atoms with Crippen molar-refractivity contribution in [3.05, 3.63) is 46.7 Å². The van der Waals surface area contributed by atoms with Crippen LogP contribution in [0.5, 0.6) is 0 Å². The van der Waals surface area contributed by atoms with Gasteiger partial charge in [-0.1, -0.05) is 12.1 Å². The fourth-order valence-corrected chi connectivity index (χ4v) is 2.46. The summed E-state index contributed by atoms with van der Waals surface area (Å²) < 4.78 is 13.7. The molecule has 0 fully saturated rings. The minimum absolute atomic E-state index is 0.365. The van der Waals surface area contributed by atoms with Crippen LogP contribution in [-0.2, 0) is 0 Å². The highest BCUT2D eigenvalue weighted by Gasteiger charge is 2.07. The molecule has 2 rings (SSSR count). The van der Waals surface area contributed by atoms with Gasteiger partial charge in [0.05, 0.1) is 21.5 Å². The van der Waals surface area contributed by atoms with Crippen molar-refractivity contribution >= 4 is 44.8 Å². The number of nitrogen functional groups attached to an aromatic ring is 1. The summed E-state index contributed by atoms with van der Waals surface area (Å²) in [6.45, 7) is 0. The number of hydrogen-bond acceptors (Lipinski definition) is 3. The molecule has 5 heteroatoms. The standard InChI is InChI=1S/C13H12BrFN2S/c1-18-13-5-3-2-4-11(13)17-12-6-8(14)9(15)7-10(12)16/h2-7,17H,16H2,1H3. The van der Waals surface area contributed by atoms with E-state index in [2.05, 4.69) is 21.2 Å². The summed E-state index contributed by atoms with van der Waals surface area (Å²) >= 11 is 4.79. The van der Waals surface area contributed by atoms with Gasteiger partial charge >= 0.3 is 0 Å². The molecule has 0 spiro atoms. The number of hydrogen-bond donors (Lipinski definition) is 2. The lowest BCUT2D eigenvalue weighted by atomic mass is 10.2. The van der Waals surface area contributed by atoms with Crippen LogP contribution in [0.1, 0.15) is 0 Å². The molecule has 0 aromatic heterocycles. The van der Waals surface area contributed by atoms with Gasteiger partial charge in [0, 0.05) is 11.0 Å². The van der Waals surface area contributed by atoms with Gasteiger partial charge in [-0.15, -0.1) is 11.8 Å². The van der Waals surface area contributed by atoms with E-state index in [1.54, 1.807) is 17.8 Å². The lowest BCUT2D eigenvalue weighted by Gasteiger charge is -2.13. The molecular weight excluding hydrogens is 315 g/mol. The maximum Gasteiger partial charge on any atom is 0.139 e. The number of para-hydroxylation sites is 1. The van der Waals surface area contributed by atoms with Crippen molar-refractivity contribution in [2.24, 2.45) is 0 Å². The molecule has 0 unspecified atom stereocenters. The minimum atomic E-state index is -0.365. The Labute approximate surface area is 118 Å². The second kappa shape index (κ2) is 5.63. The van der Waals surface area contributed by atoms with Crippen molar-refractivity contribution in [1.82, 2.24) is 0 Å². The van der Waals surface area contributed by atoms with E-state index >= 15 is 0 Å². The molecule has 0 atom stereocenters. The van der Waals surface area contributed by atoms with Crippen molar-refractivity contribution in [3.8, 4) is 0 Å². The molecule has 2 nitrogen and oxygen atoms in total. The van der Waals surface area contributed by atoms with Crippen LogP contribution < -0.4 is 11.1 Å². The zero-order valence-corrected chi connectivity index (χ0v) is 12.1. The van der Waals surface area contributed by atoms with E-state index in [0.29, 0.717) is 15.8 Å². The van der Waals surface area contributed by atoms with Crippen LogP contribution in [0.15, 0.2) is 45.8 Å². The number of nitrogens with two attached hydrogens (primary N) is 1. The molecular formula is C13H12BrFN2S. The van der Waals surface area contributed by atoms with Crippen LogP contribution in [-0.4, -0.2) is 6.26 Å². The number of anilines is 3. The van der Waals surface area contributed by atoms with Gasteiger partial charge in [0.2, 0.25) is 0 Å². The molecule has 0 aliphatic heterocycles. The first-order valence-electron chi connectivity index (χ1n) is 5.26. The normalized spacial score (nSPS) is 10.4. The SMILES string of the molecule is CSc1ccccc1Nc1cc(Br)c(F)cc1N. The maximum absolute atomic E-state index is 13.3. The fourth-order valence-electron chi connectivity index (χ4n) is 1.56. The molecule has 18 heavy (non-hydrogen) atoms. The average Bonchev–Trinajstić information content (AvgIpc) is 2.36. The first-order valence-corrected chi connectivity index (χ1v) is 7.28. The molecule has 0 amide bonds. The summed E-state index contributed by atoms with van der Waals surface area (Å²) in [5.74, 6) is -0.365. The summed E-state index contributed by atoms with van der Waals surface area (Å²) in [4.78, 5) is 1.11. The molecule has 0 aliphatic rings. The van der Waals surface area contributed by atoms with Gasteiger partial charge in [0.15, 0.2) is 0 Å². The zero-order chi connectivity index (χ0) is 13.1.